The first-order valence-electron chi connectivity index (χ1n) is 10.1. The fraction of sp³-hybridized carbons (Fsp3) is 0.667. The summed E-state index contributed by atoms with van der Waals surface area (Å²) < 4.78 is 47.1. The van der Waals surface area contributed by atoms with Crippen LogP contribution in [0.25, 0.3) is 0 Å². The maximum atomic E-state index is 12.5. The largest absolute Gasteiger partial charge is 0.573 e. The lowest BCUT2D eigenvalue weighted by Gasteiger charge is -2.38. The number of carbonyl (C=O) groups is 1. The molecule has 0 unspecified atom stereocenters. The lowest BCUT2D eigenvalue weighted by Crippen LogP contribution is -2.48. The third-order valence-corrected chi connectivity index (χ3v) is 5.91. The molecule has 5 nitrogen and oxygen atoms in total. The van der Waals surface area contributed by atoms with Gasteiger partial charge in [0.15, 0.2) is 11.5 Å². The number of nitrogens with one attached hydrogen (secondary N) is 1. The molecule has 2 aliphatic carbocycles. The van der Waals surface area contributed by atoms with Crippen molar-refractivity contribution in [1.29, 1.82) is 0 Å². The van der Waals surface area contributed by atoms with Crippen molar-refractivity contribution in [2.75, 3.05) is 0 Å². The van der Waals surface area contributed by atoms with Gasteiger partial charge in [-0.05, 0) is 70.4 Å². The Morgan fingerprint density at radius 3 is 2.21 bits per heavy atom. The Bertz CT molecular complexity index is 703. The maximum absolute atomic E-state index is 12.5. The molecule has 2 fully saturated rings. The average Bonchev–Trinajstić information content (AvgIpc) is 2.57. The number of hydrogen-bond acceptors (Lipinski definition) is 4. The van der Waals surface area contributed by atoms with Gasteiger partial charge >= 0.3 is 6.36 Å². The topological polar surface area (TPSA) is 67.8 Å². The molecule has 2 N–H and O–H groups in total. The normalized spacial score (nSPS) is 27.7. The lowest BCUT2D eigenvalue weighted by atomic mass is 9.76. The number of amides is 1. The predicted molar refractivity (Wildman–Crippen MR) is 100 cm³/mol. The summed E-state index contributed by atoms with van der Waals surface area (Å²) in [5.74, 6) is -0.328. The highest BCUT2D eigenvalue weighted by Crippen LogP contribution is 2.38. The van der Waals surface area contributed by atoms with Gasteiger partial charge in [0.25, 0.3) is 0 Å². The van der Waals surface area contributed by atoms with Crippen molar-refractivity contribution in [3.8, 4) is 11.5 Å². The molecule has 0 heterocycles. The Labute approximate surface area is 168 Å². The molecule has 162 valence electrons. The first-order valence-corrected chi connectivity index (χ1v) is 10.1. The van der Waals surface area contributed by atoms with E-state index in [1.165, 1.54) is 18.2 Å². The summed E-state index contributed by atoms with van der Waals surface area (Å²) in [5, 5.41) is 13.2. The Morgan fingerprint density at radius 2 is 1.66 bits per heavy atom. The predicted octanol–water partition coefficient (Wildman–Crippen LogP) is 4.19. The summed E-state index contributed by atoms with van der Waals surface area (Å²) in [7, 11) is 0. The fourth-order valence-corrected chi connectivity index (χ4v) is 4.08. The summed E-state index contributed by atoms with van der Waals surface area (Å²) in [5.41, 5.74) is -0.695. The molecule has 3 rings (SSSR count). The van der Waals surface area contributed by atoms with Crippen LogP contribution in [-0.4, -0.2) is 35.1 Å². The number of benzene rings is 1. The molecule has 0 saturated heterocycles. The quantitative estimate of drug-likeness (QED) is 0.731. The molecule has 0 atom stereocenters. The zero-order valence-corrected chi connectivity index (χ0v) is 16.7. The third-order valence-electron chi connectivity index (χ3n) is 5.91. The standard InChI is InChI=1S/C21H28F3NO4/c1-20(2,27)14-7-9-15(10-8-14)25-19(26)13-11-16(12-13)28-17-5-3-4-6-18(17)29-21(22,23)24/h3-6,13-16,27H,7-12H2,1-2H3,(H,25,26)/t13-,14-,15-,16-. The molecule has 0 radical (unpaired) electrons. The van der Waals surface area contributed by atoms with Crippen LogP contribution in [0.1, 0.15) is 52.4 Å². The van der Waals surface area contributed by atoms with Crippen molar-refractivity contribution in [3.63, 3.8) is 0 Å². The van der Waals surface area contributed by atoms with Crippen LogP contribution in [0.5, 0.6) is 11.5 Å². The number of aliphatic hydroxyl groups is 1. The van der Waals surface area contributed by atoms with E-state index in [1.54, 1.807) is 6.07 Å². The van der Waals surface area contributed by atoms with Gasteiger partial charge in [0, 0.05) is 12.0 Å². The van der Waals surface area contributed by atoms with Crippen molar-refractivity contribution in [1.82, 2.24) is 5.32 Å². The first kappa shape index (κ1) is 21.7. The zero-order chi connectivity index (χ0) is 21.2. The van der Waals surface area contributed by atoms with Crippen LogP contribution >= 0.6 is 0 Å². The Morgan fingerprint density at radius 1 is 1.07 bits per heavy atom. The number of ether oxygens (including phenoxy) is 2. The maximum Gasteiger partial charge on any atom is 0.573 e. The van der Waals surface area contributed by atoms with E-state index >= 15 is 0 Å². The summed E-state index contributed by atoms with van der Waals surface area (Å²) in [6.07, 6.45) is -0.733. The van der Waals surface area contributed by atoms with Gasteiger partial charge in [0.05, 0.1) is 5.60 Å². The highest BCUT2D eigenvalue weighted by molar-refractivity contribution is 5.80. The van der Waals surface area contributed by atoms with Gasteiger partial charge in [0.1, 0.15) is 6.10 Å². The molecule has 8 heteroatoms. The number of rotatable bonds is 6. The second kappa shape index (κ2) is 8.42. The Balaban J connectivity index is 1.43. The van der Waals surface area contributed by atoms with Crippen LogP contribution < -0.4 is 14.8 Å². The van der Waals surface area contributed by atoms with Crippen molar-refractivity contribution in [3.05, 3.63) is 24.3 Å². The van der Waals surface area contributed by atoms with Crippen molar-refractivity contribution >= 4 is 5.91 Å². The van der Waals surface area contributed by atoms with Crippen LogP contribution in [0.3, 0.4) is 0 Å². The number of halogens is 3. The van der Waals surface area contributed by atoms with E-state index in [4.69, 9.17) is 4.74 Å². The molecule has 0 aliphatic heterocycles. The van der Waals surface area contributed by atoms with E-state index in [0.717, 1.165) is 25.7 Å². The lowest BCUT2D eigenvalue weighted by molar-refractivity contribution is -0.275. The van der Waals surface area contributed by atoms with Crippen LogP contribution in [0, 0.1) is 11.8 Å². The van der Waals surface area contributed by atoms with E-state index < -0.39 is 12.0 Å². The monoisotopic (exact) mass is 415 g/mol. The second-order valence-electron chi connectivity index (χ2n) is 8.61. The molecule has 0 bridgehead atoms. The smallest absolute Gasteiger partial charge is 0.486 e. The molecular weight excluding hydrogens is 387 g/mol. The third kappa shape index (κ3) is 6.01. The highest BCUT2D eigenvalue weighted by Gasteiger charge is 2.39. The summed E-state index contributed by atoms with van der Waals surface area (Å²) in [6, 6.07) is 5.76. The van der Waals surface area contributed by atoms with Gasteiger partial charge < -0.3 is 19.9 Å². The van der Waals surface area contributed by atoms with E-state index in [1.807, 2.05) is 13.8 Å². The van der Waals surface area contributed by atoms with Crippen molar-refractivity contribution < 1.29 is 32.5 Å². The number of hydrogen-bond donors (Lipinski definition) is 2. The van der Waals surface area contributed by atoms with Crippen molar-refractivity contribution in [2.45, 2.75) is 76.5 Å². The average molecular weight is 415 g/mol. The second-order valence-corrected chi connectivity index (χ2v) is 8.61. The van der Waals surface area contributed by atoms with Crippen LogP contribution in [-0.2, 0) is 4.79 Å². The molecule has 1 amide bonds. The fourth-order valence-electron chi connectivity index (χ4n) is 4.08. The number of para-hydroxylation sites is 2. The van der Waals surface area contributed by atoms with E-state index in [2.05, 4.69) is 10.1 Å². The van der Waals surface area contributed by atoms with Crippen molar-refractivity contribution in [2.24, 2.45) is 11.8 Å². The van der Waals surface area contributed by atoms with Crippen LogP contribution in [0.4, 0.5) is 13.2 Å². The molecule has 1 aromatic carbocycles. The van der Waals surface area contributed by atoms with E-state index in [0.29, 0.717) is 12.8 Å². The van der Waals surface area contributed by atoms with E-state index in [-0.39, 0.29) is 41.4 Å². The SMILES string of the molecule is CC(C)(O)[C@H]1CC[C@H](NC(=O)[C@H]2C[C@H](Oc3ccccc3OC(F)(F)F)C2)CC1. The van der Waals surface area contributed by atoms with Gasteiger partial charge in [-0.25, -0.2) is 0 Å². The Hall–Kier alpha value is -1.96. The van der Waals surface area contributed by atoms with Gasteiger partial charge in [-0.3, -0.25) is 4.79 Å². The van der Waals surface area contributed by atoms with Gasteiger partial charge in [-0.2, -0.15) is 0 Å². The summed E-state index contributed by atoms with van der Waals surface area (Å²) >= 11 is 0. The number of alkyl halides is 3. The first-order chi connectivity index (χ1) is 13.5. The van der Waals surface area contributed by atoms with Crippen LogP contribution in [0.2, 0.25) is 0 Å². The summed E-state index contributed by atoms with van der Waals surface area (Å²) in [6.45, 7) is 3.64. The van der Waals surface area contributed by atoms with Gasteiger partial charge in [0.2, 0.25) is 5.91 Å². The molecule has 0 aromatic heterocycles. The summed E-state index contributed by atoms with van der Waals surface area (Å²) in [4.78, 5) is 12.4. The minimum atomic E-state index is -4.79. The Kier molecular flexibility index (Phi) is 6.31. The number of carbonyl (C=O) groups excluding carboxylic acids is 1. The highest BCUT2D eigenvalue weighted by atomic mass is 19.4. The molecule has 1 aromatic rings. The van der Waals surface area contributed by atoms with Gasteiger partial charge in [-0.1, -0.05) is 12.1 Å². The minimum absolute atomic E-state index is 0.0265. The zero-order valence-electron chi connectivity index (χ0n) is 16.7. The van der Waals surface area contributed by atoms with Crippen LogP contribution in [0.15, 0.2) is 24.3 Å². The van der Waals surface area contributed by atoms with E-state index in [9.17, 15) is 23.1 Å². The molecule has 2 aliphatic rings. The minimum Gasteiger partial charge on any atom is -0.486 e. The molecule has 0 spiro atoms. The molecular formula is C21H28F3NO4. The molecule has 29 heavy (non-hydrogen) atoms. The molecule has 2 saturated carbocycles. The van der Waals surface area contributed by atoms with Gasteiger partial charge in [-0.15, -0.1) is 13.2 Å².